The maximum atomic E-state index is 12.5. The van der Waals surface area contributed by atoms with Crippen molar-refractivity contribution >= 4 is 50.1 Å². The minimum Gasteiger partial charge on any atom is -0.289 e. The number of thioether (sulfide) groups is 1. The fourth-order valence-corrected chi connectivity index (χ4v) is 5.69. The van der Waals surface area contributed by atoms with E-state index in [1.807, 2.05) is 37.3 Å². The second kappa shape index (κ2) is 5.79. The van der Waals surface area contributed by atoms with Crippen LogP contribution in [0.25, 0.3) is 6.08 Å². The highest BCUT2D eigenvalue weighted by Gasteiger charge is 2.41. The molecule has 2 fully saturated rings. The minimum absolute atomic E-state index is 0.0112. The third-order valence-corrected chi connectivity index (χ3v) is 6.85. The first-order valence-corrected chi connectivity index (χ1v) is 9.94. The van der Waals surface area contributed by atoms with Crippen molar-refractivity contribution in [2.45, 2.75) is 19.4 Å². The number of hydrogen-bond acceptors (Lipinski definition) is 5. The Balaban J connectivity index is 1.84. The second-order valence-electron chi connectivity index (χ2n) is 5.52. The van der Waals surface area contributed by atoms with Crippen LogP contribution in [0.1, 0.15) is 17.5 Å². The van der Waals surface area contributed by atoms with Gasteiger partial charge in [0.2, 0.25) is 0 Å². The first-order valence-electron chi connectivity index (χ1n) is 6.90. The smallest absolute Gasteiger partial charge is 0.266 e. The molecule has 2 saturated heterocycles. The lowest BCUT2D eigenvalue weighted by molar-refractivity contribution is -0.123. The molecule has 0 N–H and O–H groups in total. The fraction of sp³-hybridized carbons (Fsp3) is 0.333. The zero-order valence-electron chi connectivity index (χ0n) is 12.0. The molecule has 0 aromatic heterocycles. The Hall–Kier alpha value is -1.18. The molecule has 7 heteroatoms. The van der Waals surface area contributed by atoms with E-state index in [1.54, 1.807) is 0 Å². The van der Waals surface area contributed by atoms with Gasteiger partial charge in [0.1, 0.15) is 4.32 Å². The van der Waals surface area contributed by atoms with Crippen LogP contribution in [0, 0.1) is 6.92 Å². The quantitative estimate of drug-likeness (QED) is 0.604. The molecule has 4 nitrogen and oxygen atoms in total. The number of sulfone groups is 1. The van der Waals surface area contributed by atoms with Crippen LogP contribution in [0.5, 0.6) is 0 Å². The van der Waals surface area contributed by atoms with Crippen LogP contribution >= 0.6 is 24.0 Å². The van der Waals surface area contributed by atoms with Gasteiger partial charge >= 0.3 is 0 Å². The van der Waals surface area contributed by atoms with Gasteiger partial charge in [0.25, 0.3) is 5.91 Å². The van der Waals surface area contributed by atoms with Crippen LogP contribution in [0.3, 0.4) is 0 Å². The van der Waals surface area contributed by atoms with Crippen molar-refractivity contribution in [3.8, 4) is 0 Å². The zero-order valence-corrected chi connectivity index (χ0v) is 14.4. The Kier molecular flexibility index (Phi) is 4.13. The summed E-state index contributed by atoms with van der Waals surface area (Å²) in [5.74, 6) is -0.0409. The van der Waals surface area contributed by atoms with Crippen molar-refractivity contribution in [2.24, 2.45) is 0 Å². The third kappa shape index (κ3) is 3.11. The monoisotopic (exact) mass is 353 g/mol. The highest BCUT2D eigenvalue weighted by Crippen LogP contribution is 2.36. The third-order valence-electron chi connectivity index (χ3n) is 3.77. The van der Waals surface area contributed by atoms with E-state index in [4.69, 9.17) is 12.2 Å². The van der Waals surface area contributed by atoms with Crippen LogP contribution in [0.2, 0.25) is 0 Å². The molecule has 1 amide bonds. The number of thiocarbonyl (C=S) groups is 1. The molecule has 1 atom stereocenters. The molecule has 0 aliphatic carbocycles. The SMILES string of the molecule is Cc1ccc(/C=C2/SC(=S)N([C@H]3CCS(=O)(=O)C3)C2=O)cc1. The van der Waals surface area contributed by atoms with Gasteiger partial charge in [-0.25, -0.2) is 8.42 Å². The van der Waals surface area contributed by atoms with E-state index in [9.17, 15) is 13.2 Å². The van der Waals surface area contributed by atoms with Crippen LogP contribution in [0.15, 0.2) is 29.2 Å². The van der Waals surface area contributed by atoms with Crippen molar-refractivity contribution < 1.29 is 13.2 Å². The molecule has 1 aromatic carbocycles. The number of aryl methyl sites for hydroxylation is 1. The first kappa shape index (κ1) is 15.7. The minimum atomic E-state index is -3.04. The van der Waals surface area contributed by atoms with E-state index < -0.39 is 9.84 Å². The molecule has 22 heavy (non-hydrogen) atoms. The molecule has 0 radical (unpaired) electrons. The number of amides is 1. The van der Waals surface area contributed by atoms with Crippen LogP contribution in [-0.2, 0) is 14.6 Å². The Labute approximate surface area is 139 Å². The average molecular weight is 353 g/mol. The number of benzene rings is 1. The lowest BCUT2D eigenvalue weighted by Crippen LogP contribution is -2.39. The zero-order chi connectivity index (χ0) is 15.9. The highest BCUT2D eigenvalue weighted by atomic mass is 32.2. The summed E-state index contributed by atoms with van der Waals surface area (Å²) in [5, 5.41) is 0. The molecule has 2 heterocycles. The van der Waals surface area contributed by atoms with Gasteiger partial charge < -0.3 is 0 Å². The molecule has 2 aliphatic rings. The predicted octanol–water partition coefficient (Wildman–Crippen LogP) is 2.38. The molecular weight excluding hydrogens is 338 g/mol. The summed E-state index contributed by atoms with van der Waals surface area (Å²) >= 11 is 6.52. The summed E-state index contributed by atoms with van der Waals surface area (Å²) in [6.07, 6.45) is 2.27. The van der Waals surface area contributed by atoms with Gasteiger partial charge in [0.05, 0.1) is 22.5 Å². The largest absolute Gasteiger partial charge is 0.289 e. The summed E-state index contributed by atoms with van der Waals surface area (Å²) in [4.78, 5) is 14.6. The molecule has 0 spiro atoms. The maximum absolute atomic E-state index is 12.5. The first-order chi connectivity index (χ1) is 10.4. The van der Waals surface area contributed by atoms with Crippen molar-refractivity contribution in [3.05, 3.63) is 40.3 Å². The van der Waals surface area contributed by atoms with Crippen LogP contribution in [0.4, 0.5) is 0 Å². The van der Waals surface area contributed by atoms with Crippen molar-refractivity contribution in [3.63, 3.8) is 0 Å². The van der Waals surface area contributed by atoms with E-state index in [2.05, 4.69) is 0 Å². The number of nitrogens with zero attached hydrogens (tertiary/aromatic N) is 1. The van der Waals surface area contributed by atoms with Gasteiger partial charge in [-0.3, -0.25) is 9.69 Å². The van der Waals surface area contributed by atoms with Crippen molar-refractivity contribution in [1.82, 2.24) is 4.90 Å². The Morgan fingerprint density at radius 1 is 1.32 bits per heavy atom. The van der Waals surface area contributed by atoms with Gasteiger partial charge in [-0.2, -0.15) is 0 Å². The van der Waals surface area contributed by atoms with Gasteiger partial charge in [0, 0.05) is 0 Å². The summed E-state index contributed by atoms with van der Waals surface area (Å²) in [6, 6.07) is 7.54. The summed E-state index contributed by atoms with van der Waals surface area (Å²) in [7, 11) is -3.04. The number of carbonyl (C=O) groups is 1. The average Bonchev–Trinajstić information content (AvgIpc) is 2.93. The molecule has 2 aliphatic heterocycles. The predicted molar refractivity (Wildman–Crippen MR) is 93.2 cm³/mol. The molecular formula is C15H15NO3S3. The number of carbonyl (C=O) groups excluding carboxylic acids is 1. The van der Waals surface area contributed by atoms with E-state index >= 15 is 0 Å². The molecule has 3 rings (SSSR count). The van der Waals surface area contributed by atoms with E-state index in [-0.39, 0.29) is 23.5 Å². The van der Waals surface area contributed by atoms with Gasteiger partial charge in [0.15, 0.2) is 9.84 Å². The molecule has 1 aromatic rings. The lowest BCUT2D eigenvalue weighted by Gasteiger charge is -2.20. The van der Waals surface area contributed by atoms with Crippen molar-refractivity contribution in [1.29, 1.82) is 0 Å². The van der Waals surface area contributed by atoms with Crippen molar-refractivity contribution in [2.75, 3.05) is 11.5 Å². The Morgan fingerprint density at radius 3 is 2.59 bits per heavy atom. The van der Waals surface area contributed by atoms with Crippen LogP contribution < -0.4 is 0 Å². The van der Waals surface area contributed by atoms with Gasteiger partial charge in [-0.05, 0) is 25.0 Å². The second-order valence-corrected chi connectivity index (χ2v) is 9.42. The fourth-order valence-electron chi connectivity index (χ4n) is 2.59. The molecule has 0 saturated carbocycles. The van der Waals surface area contributed by atoms with Gasteiger partial charge in [-0.1, -0.05) is 53.8 Å². The number of hydrogen-bond donors (Lipinski definition) is 0. The Morgan fingerprint density at radius 2 is 2.00 bits per heavy atom. The van der Waals surface area contributed by atoms with E-state index in [1.165, 1.54) is 16.7 Å². The summed E-state index contributed by atoms with van der Waals surface area (Å²) < 4.78 is 23.7. The lowest BCUT2D eigenvalue weighted by atomic mass is 10.1. The highest BCUT2D eigenvalue weighted by molar-refractivity contribution is 8.26. The van der Waals surface area contributed by atoms with Crippen LogP contribution in [-0.4, -0.2) is 41.1 Å². The standard InChI is InChI=1S/C15H15NO3S3/c1-10-2-4-11(5-3-10)8-13-14(17)16(15(20)21-13)12-6-7-22(18,19)9-12/h2-5,8,12H,6-7,9H2,1H3/b13-8+/t12-/m0/s1. The van der Waals surface area contributed by atoms with Gasteiger partial charge in [-0.15, -0.1) is 0 Å². The summed E-state index contributed by atoms with van der Waals surface area (Å²) in [6.45, 7) is 2.00. The maximum Gasteiger partial charge on any atom is 0.266 e. The molecule has 0 unspecified atom stereocenters. The number of rotatable bonds is 2. The van der Waals surface area contributed by atoms with E-state index in [0.29, 0.717) is 15.6 Å². The summed E-state index contributed by atoms with van der Waals surface area (Å²) in [5.41, 5.74) is 2.09. The topological polar surface area (TPSA) is 54.5 Å². The Bertz CT molecular complexity index is 766. The molecule has 116 valence electrons. The molecule has 0 bridgehead atoms. The normalized spacial score (nSPS) is 26.1. The van der Waals surface area contributed by atoms with E-state index in [0.717, 1.165) is 11.1 Å².